The van der Waals surface area contributed by atoms with E-state index in [4.69, 9.17) is 0 Å². The van der Waals surface area contributed by atoms with Crippen LogP contribution in [0.2, 0.25) is 0 Å². The molecule has 0 aliphatic rings. The first-order chi connectivity index (χ1) is 6.47. The molecule has 2 nitrogen and oxygen atoms in total. The average Bonchev–Trinajstić information content (AvgIpc) is 2.02. The summed E-state index contributed by atoms with van der Waals surface area (Å²) in [4.78, 5) is 0. The summed E-state index contributed by atoms with van der Waals surface area (Å²) in [5.41, 5.74) is 2.49. The minimum Gasteiger partial charge on any atom is -0.205 e. The molecule has 0 aliphatic carbocycles. The molecule has 0 fully saturated rings. The van der Waals surface area contributed by atoms with Crippen molar-refractivity contribution in [3.05, 3.63) is 35.9 Å². The lowest BCUT2D eigenvalue weighted by Gasteiger charge is -2.16. The first kappa shape index (κ1) is 10.9. The van der Waals surface area contributed by atoms with Gasteiger partial charge in [0, 0.05) is 6.42 Å². The summed E-state index contributed by atoms with van der Waals surface area (Å²) in [5.74, 6) is 0. The molecule has 0 saturated carbocycles. The molecule has 0 aliphatic heterocycles. The van der Waals surface area contributed by atoms with Gasteiger partial charge in [-0.15, -0.1) is 0 Å². The predicted octanol–water partition coefficient (Wildman–Crippen LogP) is 2.31. The lowest BCUT2D eigenvalue weighted by Crippen LogP contribution is -2.29. The van der Waals surface area contributed by atoms with Gasteiger partial charge in [0.2, 0.25) is 0 Å². The Bertz CT molecular complexity index is 307. The van der Waals surface area contributed by atoms with E-state index in [0.717, 1.165) is 6.42 Å². The highest BCUT2D eigenvalue weighted by molar-refractivity contribution is 5.83. The van der Waals surface area contributed by atoms with Crippen LogP contribution in [-0.2, 0) is 6.42 Å². The van der Waals surface area contributed by atoms with Crippen molar-refractivity contribution < 1.29 is 4.59 Å². The van der Waals surface area contributed by atoms with Crippen LogP contribution in [0, 0.1) is 0 Å². The van der Waals surface area contributed by atoms with Gasteiger partial charge in [0.05, 0.1) is 26.9 Å². The summed E-state index contributed by atoms with van der Waals surface area (Å²) >= 11 is 0. The molecule has 1 aromatic rings. The summed E-state index contributed by atoms with van der Waals surface area (Å²) in [7, 11) is 6.19. The molecule has 0 unspecified atom stereocenters. The summed E-state index contributed by atoms with van der Waals surface area (Å²) in [6, 6.07) is 10.4. The van der Waals surface area contributed by atoms with E-state index >= 15 is 0 Å². The topological polar surface area (TPSA) is 12.4 Å². The van der Waals surface area contributed by atoms with Crippen LogP contribution in [0.15, 0.2) is 35.4 Å². The largest absolute Gasteiger partial charge is 0.205 e. The minimum atomic E-state index is 0.638. The molecule has 1 rings (SSSR count). The summed E-state index contributed by atoms with van der Waals surface area (Å²) in [6.45, 7) is 2.08. The van der Waals surface area contributed by atoms with Crippen molar-refractivity contribution in [1.29, 1.82) is 0 Å². The number of rotatable bonds is 3. The van der Waals surface area contributed by atoms with Crippen molar-refractivity contribution in [2.45, 2.75) is 13.3 Å². The smallest absolute Gasteiger partial charge is 0.0923 e. The van der Waals surface area contributed by atoms with Gasteiger partial charge in [-0.05, 0) is 12.5 Å². The highest BCUT2D eigenvalue weighted by atomic mass is 15.6. The van der Waals surface area contributed by atoms with Gasteiger partial charge in [0.15, 0.2) is 0 Å². The van der Waals surface area contributed by atoms with E-state index in [9.17, 15) is 0 Å². The molecule has 1 aromatic carbocycles. The van der Waals surface area contributed by atoms with Gasteiger partial charge in [-0.1, -0.05) is 35.4 Å². The van der Waals surface area contributed by atoms with E-state index in [1.54, 1.807) is 0 Å². The highest BCUT2D eigenvalue weighted by Gasteiger charge is 2.05. The summed E-state index contributed by atoms with van der Waals surface area (Å²) < 4.78 is 0.638. The third-order valence-corrected chi connectivity index (χ3v) is 1.77. The van der Waals surface area contributed by atoms with Crippen LogP contribution in [0.1, 0.15) is 12.5 Å². The third-order valence-electron chi connectivity index (χ3n) is 1.77. The maximum Gasteiger partial charge on any atom is 0.0923 e. The zero-order valence-corrected chi connectivity index (χ0v) is 9.49. The van der Waals surface area contributed by atoms with Crippen molar-refractivity contribution in [2.75, 3.05) is 21.1 Å². The zero-order valence-electron chi connectivity index (χ0n) is 9.49. The molecule has 0 aromatic heterocycles. The van der Waals surface area contributed by atoms with Crippen LogP contribution >= 0.6 is 0 Å². The molecule has 2 heteroatoms. The van der Waals surface area contributed by atoms with E-state index in [1.807, 2.05) is 6.07 Å². The maximum absolute atomic E-state index is 4.56. The molecule has 76 valence electrons. The Balaban J connectivity index is 2.67. The van der Waals surface area contributed by atoms with E-state index in [2.05, 4.69) is 57.4 Å². The van der Waals surface area contributed by atoms with E-state index in [-0.39, 0.29) is 0 Å². The normalized spacial score (nSPS) is 13.0. The zero-order chi connectivity index (χ0) is 10.6. The molecule has 0 heterocycles. The third kappa shape index (κ3) is 4.19. The molecule has 0 spiro atoms. The molecule has 14 heavy (non-hydrogen) atoms. The Morgan fingerprint density at radius 1 is 1.14 bits per heavy atom. The minimum absolute atomic E-state index is 0.638. The molecule has 0 atom stereocenters. The maximum atomic E-state index is 4.56. The first-order valence-corrected chi connectivity index (χ1v) is 4.88. The van der Waals surface area contributed by atoms with Crippen LogP contribution in [0.4, 0.5) is 0 Å². The predicted molar refractivity (Wildman–Crippen MR) is 61.3 cm³/mol. The fourth-order valence-corrected chi connectivity index (χ4v) is 1.44. The molecule has 0 amide bonds. The Hall–Kier alpha value is -1.15. The van der Waals surface area contributed by atoms with Gasteiger partial charge in [-0.25, -0.2) is 4.59 Å². The number of nitrogens with zero attached hydrogens (tertiary/aromatic N) is 2. The number of hydrogen-bond acceptors (Lipinski definition) is 1. The van der Waals surface area contributed by atoms with Crippen LogP contribution < -0.4 is 0 Å². The quantitative estimate of drug-likeness (QED) is 0.395. The Morgan fingerprint density at radius 2 is 1.71 bits per heavy atom. The van der Waals surface area contributed by atoms with E-state index in [0.29, 0.717) is 4.59 Å². The Labute approximate surface area is 86.5 Å². The van der Waals surface area contributed by atoms with Crippen molar-refractivity contribution in [3.63, 3.8) is 0 Å². The molecule has 0 radical (unpaired) electrons. The lowest BCUT2D eigenvalue weighted by atomic mass is 10.1. The standard InChI is InChI=1S/C12H19N2/c1-11(13-14(2,3)4)10-12-8-6-5-7-9-12/h5-9H,10H2,1-4H3/q+1/b13-11-. The number of quaternary nitrogens is 1. The summed E-state index contributed by atoms with van der Waals surface area (Å²) in [5, 5.41) is 4.56. The van der Waals surface area contributed by atoms with Crippen molar-refractivity contribution >= 4 is 5.71 Å². The lowest BCUT2D eigenvalue weighted by molar-refractivity contribution is -0.877. The van der Waals surface area contributed by atoms with Crippen LogP contribution in [0.3, 0.4) is 0 Å². The first-order valence-electron chi connectivity index (χ1n) is 4.88. The SMILES string of the molecule is C/C(Cc1ccccc1)=N/[N+](C)(C)C. The monoisotopic (exact) mass is 191 g/mol. The fourth-order valence-electron chi connectivity index (χ4n) is 1.44. The highest BCUT2D eigenvalue weighted by Crippen LogP contribution is 2.02. The summed E-state index contributed by atoms with van der Waals surface area (Å²) in [6.07, 6.45) is 0.941. The number of hydrogen-bond donors (Lipinski definition) is 0. The van der Waals surface area contributed by atoms with Gasteiger partial charge in [0.1, 0.15) is 0 Å². The van der Waals surface area contributed by atoms with Gasteiger partial charge in [-0.2, -0.15) is 0 Å². The second-order valence-electron chi connectivity index (χ2n) is 4.44. The van der Waals surface area contributed by atoms with Crippen LogP contribution in [0.5, 0.6) is 0 Å². The van der Waals surface area contributed by atoms with Crippen molar-refractivity contribution in [3.8, 4) is 0 Å². The second kappa shape index (κ2) is 4.38. The van der Waals surface area contributed by atoms with Gasteiger partial charge in [-0.3, -0.25) is 0 Å². The van der Waals surface area contributed by atoms with Gasteiger partial charge >= 0.3 is 0 Å². The van der Waals surface area contributed by atoms with Crippen molar-refractivity contribution in [2.24, 2.45) is 5.10 Å². The van der Waals surface area contributed by atoms with Gasteiger partial charge in [0.25, 0.3) is 0 Å². The Kier molecular flexibility index (Phi) is 3.42. The second-order valence-corrected chi connectivity index (χ2v) is 4.44. The van der Waals surface area contributed by atoms with Crippen LogP contribution in [-0.4, -0.2) is 31.4 Å². The molecule has 0 saturated heterocycles. The fraction of sp³-hybridized carbons (Fsp3) is 0.417. The molecule has 0 bridgehead atoms. The van der Waals surface area contributed by atoms with Crippen LogP contribution in [0.25, 0.3) is 0 Å². The van der Waals surface area contributed by atoms with E-state index in [1.165, 1.54) is 11.3 Å². The Morgan fingerprint density at radius 3 is 2.21 bits per heavy atom. The number of benzene rings is 1. The average molecular weight is 191 g/mol. The molecular formula is C12H19N2+. The molecule has 0 N–H and O–H groups in total. The van der Waals surface area contributed by atoms with Gasteiger partial charge < -0.3 is 0 Å². The van der Waals surface area contributed by atoms with E-state index < -0.39 is 0 Å². The van der Waals surface area contributed by atoms with Crippen molar-refractivity contribution in [1.82, 2.24) is 0 Å². The molecular weight excluding hydrogens is 172 g/mol.